The molecule has 1 aromatic rings. The maximum absolute atomic E-state index is 12.7. The highest BCUT2D eigenvalue weighted by atomic mass is 127. The summed E-state index contributed by atoms with van der Waals surface area (Å²) < 4.78 is 63.4. The summed E-state index contributed by atoms with van der Waals surface area (Å²) in [5.74, 6) is 0.581. The van der Waals surface area contributed by atoms with E-state index < -0.39 is 15.5 Å². The lowest BCUT2D eigenvalue weighted by molar-refractivity contribution is -0.0494. The van der Waals surface area contributed by atoms with Gasteiger partial charge in [0.25, 0.3) is 0 Å². The molecule has 1 aromatic heterocycles. The molecule has 0 radical (unpaired) electrons. The van der Waals surface area contributed by atoms with Crippen molar-refractivity contribution >= 4 is 40.0 Å². The average Bonchev–Trinajstić information content (AvgIpc) is 2.95. The van der Waals surface area contributed by atoms with Crippen molar-refractivity contribution in [3.05, 3.63) is 17.5 Å². The lowest BCUT2D eigenvalue weighted by Gasteiger charge is -2.32. The van der Waals surface area contributed by atoms with E-state index in [0.717, 1.165) is 24.4 Å². The molecule has 2 rings (SSSR count). The maximum Gasteiger partial charge on any atom is 0.511 e. The second-order valence-electron chi connectivity index (χ2n) is 7.03. The van der Waals surface area contributed by atoms with Gasteiger partial charge in [0.1, 0.15) is 0 Å². The maximum atomic E-state index is 12.7. The molecule has 2 heterocycles. The highest BCUT2D eigenvalue weighted by Crippen LogP contribution is 2.28. The van der Waals surface area contributed by atoms with Crippen LogP contribution in [0.5, 0.6) is 0 Å². The monoisotopic (exact) mass is 566 g/mol. The number of nitrogens with one attached hydrogen (secondary N) is 2. The molecule has 0 aliphatic carbocycles. The minimum atomic E-state index is -5.26. The number of piperidine rings is 1. The number of nitrogens with zero attached hydrogens (tertiary/aromatic N) is 4. The molecule has 1 saturated heterocycles. The van der Waals surface area contributed by atoms with Gasteiger partial charge in [0.15, 0.2) is 5.96 Å². The molecule has 0 atom stereocenters. The molecule has 0 unspecified atom stereocenters. The lowest BCUT2D eigenvalue weighted by Crippen LogP contribution is -2.51. The minimum absolute atomic E-state index is 0. The van der Waals surface area contributed by atoms with E-state index >= 15 is 0 Å². The molecule has 0 spiro atoms. The number of aliphatic imine (C=N–C) groups is 1. The van der Waals surface area contributed by atoms with Crippen molar-refractivity contribution in [2.75, 3.05) is 26.2 Å². The Hall–Kier alpha value is -1.09. The molecular formula is C17H30F3IN6O2S. The first kappa shape index (κ1) is 26.9. The summed E-state index contributed by atoms with van der Waals surface area (Å²) in [7, 11) is -5.26. The van der Waals surface area contributed by atoms with Crippen molar-refractivity contribution in [1.29, 1.82) is 0 Å². The first-order valence-corrected chi connectivity index (χ1v) is 11.1. The van der Waals surface area contributed by atoms with Crippen LogP contribution in [0.2, 0.25) is 0 Å². The number of hydrogen-bond donors (Lipinski definition) is 2. The van der Waals surface area contributed by atoms with Crippen molar-refractivity contribution in [3.63, 3.8) is 0 Å². The zero-order valence-electron chi connectivity index (χ0n) is 17.4. The number of rotatable bonds is 7. The number of hydrogen-bond acceptors (Lipinski definition) is 4. The number of aromatic nitrogens is 2. The van der Waals surface area contributed by atoms with Crippen LogP contribution in [0.1, 0.15) is 37.6 Å². The Morgan fingerprint density at radius 2 is 1.93 bits per heavy atom. The van der Waals surface area contributed by atoms with Crippen LogP contribution in [0.15, 0.2) is 11.1 Å². The van der Waals surface area contributed by atoms with Crippen LogP contribution >= 0.6 is 24.0 Å². The smallest absolute Gasteiger partial charge is 0.357 e. The topological polar surface area (TPSA) is 91.6 Å². The van der Waals surface area contributed by atoms with Gasteiger partial charge in [-0.05, 0) is 46.1 Å². The molecule has 2 N–H and O–H groups in total. The van der Waals surface area contributed by atoms with Crippen molar-refractivity contribution in [2.24, 2.45) is 4.99 Å². The number of halogens is 4. The molecule has 1 aliphatic rings. The molecule has 8 nitrogen and oxygen atoms in total. The summed E-state index contributed by atoms with van der Waals surface area (Å²) in [5, 5.41) is 10.7. The Balaban J connectivity index is 0.00000450. The van der Waals surface area contributed by atoms with E-state index in [1.165, 1.54) is 0 Å². The number of sulfonamides is 1. The zero-order chi connectivity index (χ0) is 21.7. The van der Waals surface area contributed by atoms with Crippen LogP contribution in [0, 0.1) is 13.8 Å². The number of aryl methyl sites for hydroxylation is 3. The van der Waals surface area contributed by atoms with E-state index in [9.17, 15) is 21.6 Å². The molecule has 174 valence electrons. The number of alkyl halides is 3. The third kappa shape index (κ3) is 7.25. The Morgan fingerprint density at radius 1 is 1.30 bits per heavy atom. The van der Waals surface area contributed by atoms with E-state index in [4.69, 9.17) is 0 Å². The highest BCUT2D eigenvalue weighted by Gasteiger charge is 2.50. The van der Waals surface area contributed by atoms with Crippen LogP contribution < -0.4 is 10.6 Å². The zero-order valence-corrected chi connectivity index (χ0v) is 20.5. The SMILES string of the molecule is CCNC(=NCCCn1nc(C)cc1C)NC1CCN(S(=O)(=O)C(F)(F)F)CC1.I. The summed E-state index contributed by atoms with van der Waals surface area (Å²) in [4.78, 5) is 4.51. The van der Waals surface area contributed by atoms with Crippen LogP contribution in [0.4, 0.5) is 13.2 Å². The van der Waals surface area contributed by atoms with Gasteiger partial charge in [0, 0.05) is 44.5 Å². The fourth-order valence-corrected chi connectivity index (χ4v) is 4.20. The molecule has 0 bridgehead atoms. The second-order valence-corrected chi connectivity index (χ2v) is 8.96. The summed E-state index contributed by atoms with van der Waals surface area (Å²) in [5.41, 5.74) is -3.19. The van der Waals surface area contributed by atoms with Crippen molar-refractivity contribution in [3.8, 4) is 0 Å². The van der Waals surface area contributed by atoms with Crippen molar-refractivity contribution in [1.82, 2.24) is 24.7 Å². The number of guanidine groups is 1. The highest BCUT2D eigenvalue weighted by molar-refractivity contribution is 14.0. The summed E-state index contributed by atoms with van der Waals surface area (Å²) >= 11 is 0. The second kappa shape index (κ2) is 11.5. The molecule has 0 aromatic carbocycles. The van der Waals surface area contributed by atoms with Gasteiger partial charge in [0.05, 0.1) is 5.69 Å². The molecule has 30 heavy (non-hydrogen) atoms. The van der Waals surface area contributed by atoms with Gasteiger partial charge in [-0.1, -0.05) is 0 Å². The van der Waals surface area contributed by atoms with Crippen LogP contribution in [-0.4, -0.2) is 66.2 Å². The average molecular weight is 566 g/mol. The summed E-state index contributed by atoms with van der Waals surface area (Å²) in [6.45, 7) is 7.48. The van der Waals surface area contributed by atoms with Crippen molar-refractivity contribution < 1.29 is 21.6 Å². The van der Waals surface area contributed by atoms with Crippen LogP contribution in [-0.2, 0) is 16.6 Å². The first-order valence-electron chi connectivity index (χ1n) is 9.67. The van der Waals surface area contributed by atoms with Gasteiger partial charge in [0.2, 0.25) is 0 Å². The quantitative estimate of drug-likeness (QED) is 0.229. The largest absolute Gasteiger partial charge is 0.511 e. The Bertz CT molecular complexity index is 805. The predicted octanol–water partition coefficient (Wildman–Crippen LogP) is 2.38. The van der Waals surface area contributed by atoms with E-state index in [0.29, 0.717) is 23.4 Å². The van der Waals surface area contributed by atoms with Gasteiger partial charge in [-0.25, -0.2) is 8.42 Å². The molecule has 0 amide bonds. The summed E-state index contributed by atoms with van der Waals surface area (Å²) in [6, 6.07) is 1.88. The fourth-order valence-electron chi connectivity index (χ4n) is 3.21. The predicted molar refractivity (Wildman–Crippen MR) is 120 cm³/mol. The van der Waals surface area contributed by atoms with Gasteiger partial charge >= 0.3 is 15.5 Å². The third-order valence-electron chi connectivity index (χ3n) is 4.67. The van der Waals surface area contributed by atoms with Gasteiger partial charge in [-0.2, -0.15) is 22.6 Å². The van der Waals surface area contributed by atoms with E-state index in [1.807, 2.05) is 31.5 Å². The normalized spacial score (nSPS) is 16.9. The molecular weight excluding hydrogens is 536 g/mol. The minimum Gasteiger partial charge on any atom is -0.357 e. The Kier molecular flexibility index (Phi) is 10.3. The van der Waals surface area contributed by atoms with Crippen molar-refractivity contribution in [2.45, 2.75) is 58.1 Å². The van der Waals surface area contributed by atoms with Crippen LogP contribution in [0.25, 0.3) is 0 Å². The fraction of sp³-hybridized carbons (Fsp3) is 0.765. The molecule has 1 fully saturated rings. The molecule has 1 aliphatic heterocycles. The van der Waals surface area contributed by atoms with Gasteiger partial charge in [-0.15, -0.1) is 24.0 Å². The van der Waals surface area contributed by atoms with E-state index in [1.54, 1.807) is 0 Å². The van der Waals surface area contributed by atoms with E-state index in [2.05, 4.69) is 20.7 Å². The van der Waals surface area contributed by atoms with Crippen LogP contribution in [0.3, 0.4) is 0 Å². The standard InChI is InChI=1S/C17H29F3N6O2S.HI/c1-4-21-16(22-8-5-9-26-14(3)12-13(2)24-26)23-15-6-10-25(11-7-15)29(27,28)17(18,19)20;/h12,15H,4-11H2,1-3H3,(H2,21,22,23);1H. The Morgan fingerprint density at radius 3 is 2.43 bits per heavy atom. The van der Waals surface area contributed by atoms with Gasteiger partial charge in [-0.3, -0.25) is 9.67 Å². The van der Waals surface area contributed by atoms with Gasteiger partial charge < -0.3 is 10.6 Å². The lowest BCUT2D eigenvalue weighted by atomic mass is 10.1. The summed E-state index contributed by atoms with van der Waals surface area (Å²) in [6.07, 6.45) is 1.36. The molecule has 13 heteroatoms. The third-order valence-corrected chi connectivity index (χ3v) is 6.30. The first-order chi connectivity index (χ1) is 13.5. The van der Waals surface area contributed by atoms with E-state index in [-0.39, 0.29) is 55.9 Å². The Labute approximate surface area is 192 Å². The molecule has 0 saturated carbocycles.